The van der Waals surface area contributed by atoms with Crippen LogP contribution in [0.5, 0.6) is 11.5 Å². The molecule has 6 heteroatoms. The van der Waals surface area contributed by atoms with Crippen LogP contribution in [-0.2, 0) is 6.42 Å². The summed E-state index contributed by atoms with van der Waals surface area (Å²) in [5.41, 5.74) is 2.79. The van der Waals surface area contributed by atoms with E-state index < -0.39 is 0 Å². The Morgan fingerprint density at radius 1 is 1.23 bits per heavy atom. The topological polar surface area (TPSA) is 42.0 Å². The van der Waals surface area contributed by atoms with Crippen molar-refractivity contribution in [3.8, 4) is 11.5 Å². The van der Waals surface area contributed by atoms with Gasteiger partial charge in [-0.05, 0) is 58.0 Å². The predicted octanol–water partition coefficient (Wildman–Crippen LogP) is 5.22. The molecule has 0 spiro atoms. The minimum absolute atomic E-state index is 0.0845. The Bertz CT molecular complexity index is 966. The monoisotopic (exact) mass is 442 g/mol. The maximum Gasteiger partial charge on any atom is 0.188 e. The minimum Gasteiger partial charge on any atom is -0.493 e. The predicted molar refractivity (Wildman–Crippen MR) is 127 cm³/mol. The molecule has 0 saturated carbocycles. The fourth-order valence-corrected chi connectivity index (χ4v) is 3.61. The second-order valence-electron chi connectivity index (χ2n) is 8.68. The third kappa shape index (κ3) is 5.60. The lowest BCUT2D eigenvalue weighted by Crippen LogP contribution is -2.40. The molecule has 166 valence electrons. The number of fused-ring (bicyclic) bond motifs is 1. The second-order valence-corrected chi connectivity index (χ2v) is 9.08. The Morgan fingerprint density at radius 3 is 2.65 bits per heavy atom. The van der Waals surface area contributed by atoms with Crippen LogP contribution in [0.1, 0.15) is 36.7 Å². The van der Waals surface area contributed by atoms with Gasteiger partial charge in [-0.3, -0.25) is 9.69 Å². The van der Waals surface area contributed by atoms with Crippen LogP contribution in [-0.4, -0.2) is 50.1 Å². The quantitative estimate of drug-likeness (QED) is 0.414. The van der Waals surface area contributed by atoms with E-state index in [1.54, 1.807) is 25.3 Å². The number of hydrogen-bond donors (Lipinski definition) is 0. The van der Waals surface area contributed by atoms with Gasteiger partial charge in [0, 0.05) is 48.2 Å². The molecule has 0 bridgehead atoms. The SMILES string of the molecule is COc1cc2c(cc1OCCN(C)C(C)(C)C)N(C=CC(=O)c1ccccc1Cl)CC2. The standard InChI is InChI=1S/C25H31ClN2O3/c1-25(2,3)27(4)14-15-31-24-17-21-18(16-23(24)30-5)10-12-28(21)13-11-22(29)19-8-6-7-9-20(19)26/h6-9,11,13,16-17H,10,12,14-15H2,1-5H3. The van der Waals surface area contributed by atoms with Crippen molar-refractivity contribution in [1.82, 2.24) is 4.90 Å². The van der Waals surface area contributed by atoms with E-state index in [0.717, 1.165) is 30.9 Å². The van der Waals surface area contributed by atoms with E-state index in [1.165, 1.54) is 5.56 Å². The number of carbonyl (C=O) groups excluding carboxylic acids is 1. The fourth-order valence-electron chi connectivity index (χ4n) is 3.38. The van der Waals surface area contributed by atoms with Crippen LogP contribution in [0.3, 0.4) is 0 Å². The van der Waals surface area contributed by atoms with Crippen LogP contribution in [0.15, 0.2) is 48.7 Å². The second kappa shape index (κ2) is 9.75. The molecule has 0 aliphatic carbocycles. The average molecular weight is 443 g/mol. The zero-order valence-corrected chi connectivity index (χ0v) is 19.7. The molecular weight excluding hydrogens is 412 g/mol. The van der Waals surface area contributed by atoms with Gasteiger partial charge in [-0.25, -0.2) is 0 Å². The highest BCUT2D eigenvalue weighted by Gasteiger charge is 2.22. The van der Waals surface area contributed by atoms with Gasteiger partial charge in [0.05, 0.1) is 12.1 Å². The Morgan fingerprint density at radius 2 is 1.97 bits per heavy atom. The number of carbonyl (C=O) groups is 1. The molecule has 0 aromatic heterocycles. The highest BCUT2D eigenvalue weighted by Crippen LogP contribution is 2.39. The lowest BCUT2D eigenvalue weighted by Gasteiger charge is -2.31. The van der Waals surface area contributed by atoms with Crippen LogP contribution >= 0.6 is 11.6 Å². The summed E-state index contributed by atoms with van der Waals surface area (Å²) >= 11 is 6.15. The first-order valence-corrected chi connectivity index (χ1v) is 10.9. The van der Waals surface area contributed by atoms with Crippen molar-refractivity contribution >= 4 is 23.1 Å². The molecule has 3 rings (SSSR count). The Kier molecular flexibility index (Phi) is 7.29. The number of allylic oxidation sites excluding steroid dienone is 1. The number of hydrogen-bond acceptors (Lipinski definition) is 5. The van der Waals surface area contributed by atoms with Gasteiger partial charge in [0.25, 0.3) is 0 Å². The molecule has 2 aromatic carbocycles. The van der Waals surface area contributed by atoms with Crippen molar-refractivity contribution in [1.29, 1.82) is 0 Å². The van der Waals surface area contributed by atoms with Gasteiger partial charge in [0.2, 0.25) is 0 Å². The van der Waals surface area contributed by atoms with Crippen LogP contribution in [0, 0.1) is 0 Å². The molecule has 0 amide bonds. The van der Waals surface area contributed by atoms with Gasteiger partial charge in [-0.1, -0.05) is 23.7 Å². The Balaban J connectivity index is 1.74. The molecule has 2 aromatic rings. The lowest BCUT2D eigenvalue weighted by molar-refractivity contribution is 0.104. The molecular formula is C25H31ClN2O3. The number of rotatable bonds is 8. The first kappa shape index (κ1) is 23.2. The molecule has 1 aliphatic heterocycles. The fraction of sp³-hybridized carbons (Fsp3) is 0.400. The van der Waals surface area contributed by atoms with E-state index in [1.807, 2.05) is 30.5 Å². The minimum atomic E-state index is -0.116. The Labute approximate surface area is 190 Å². The number of benzene rings is 2. The largest absolute Gasteiger partial charge is 0.493 e. The number of ether oxygens (including phenoxy) is 2. The summed E-state index contributed by atoms with van der Waals surface area (Å²) < 4.78 is 11.6. The van der Waals surface area contributed by atoms with Gasteiger partial charge in [0.1, 0.15) is 6.61 Å². The first-order chi connectivity index (χ1) is 14.7. The van der Waals surface area contributed by atoms with Gasteiger partial charge < -0.3 is 14.4 Å². The van der Waals surface area contributed by atoms with Crippen molar-refractivity contribution < 1.29 is 14.3 Å². The third-order valence-electron chi connectivity index (χ3n) is 5.67. The normalized spacial score (nSPS) is 13.7. The molecule has 0 atom stereocenters. The molecule has 5 nitrogen and oxygen atoms in total. The van der Waals surface area contributed by atoms with Gasteiger partial charge in [0.15, 0.2) is 17.3 Å². The average Bonchev–Trinajstić information content (AvgIpc) is 3.12. The van der Waals surface area contributed by atoms with Gasteiger partial charge >= 0.3 is 0 Å². The number of nitrogens with zero attached hydrogens (tertiary/aromatic N) is 2. The summed E-state index contributed by atoms with van der Waals surface area (Å²) in [6.07, 6.45) is 4.27. The summed E-state index contributed by atoms with van der Waals surface area (Å²) in [5.74, 6) is 1.32. The highest BCUT2D eigenvalue weighted by molar-refractivity contribution is 6.34. The van der Waals surface area contributed by atoms with E-state index in [4.69, 9.17) is 21.1 Å². The molecule has 0 N–H and O–H groups in total. The molecule has 31 heavy (non-hydrogen) atoms. The molecule has 1 heterocycles. The van der Waals surface area contributed by atoms with E-state index in [2.05, 4.69) is 37.6 Å². The van der Waals surface area contributed by atoms with Crippen LogP contribution in [0.2, 0.25) is 5.02 Å². The van der Waals surface area contributed by atoms with Crippen LogP contribution in [0.4, 0.5) is 5.69 Å². The maximum absolute atomic E-state index is 12.5. The smallest absolute Gasteiger partial charge is 0.188 e. The van der Waals surface area contributed by atoms with Crippen molar-refractivity contribution in [3.05, 3.63) is 64.8 Å². The van der Waals surface area contributed by atoms with Crippen molar-refractivity contribution in [2.75, 3.05) is 38.8 Å². The van der Waals surface area contributed by atoms with Crippen molar-refractivity contribution in [3.63, 3.8) is 0 Å². The number of methoxy groups -OCH3 is 1. The number of halogens is 1. The number of anilines is 1. The molecule has 0 unspecified atom stereocenters. The maximum atomic E-state index is 12.5. The van der Waals surface area contributed by atoms with Gasteiger partial charge in [-0.2, -0.15) is 0 Å². The molecule has 0 saturated heterocycles. The lowest BCUT2D eigenvalue weighted by atomic mass is 10.1. The number of likely N-dealkylation sites (N-methyl/N-ethyl adjacent to an activating group) is 1. The molecule has 1 aliphatic rings. The first-order valence-electron chi connectivity index (χ1n) is 10.5. The summed E-state index contributed by atoms with van der Waals surface area (Å²) in [6, 6.07) is 11.1. The zero-order chi connectivity index (χ0) is 22.6. The van der Waals surface area contributed by atoms with Crippen molar-refractivity contribution in [2.24, 2.45) is 0 Å². The van der Waals surface area contributed by atoms with Gasteiger partial charge in [-0.15, -0.1) is 0 Å². The molecule has 0 fully saturated rings. The van der Waals surface area contributed by atoms with E-state index in [0.29, 0.717) is 22.9 Å². The summed E-state index contributed by atoms with van der Waals surface area (Å²) in [5, 5.41) is 0.458. The summed E-state index contributed by atoms with van der Waals surface area (Å²) in [6.45, 7) is 8.69. The Hall–Kier alpha value is -2.50. The van der Waals surface area contributed by atoms with Crippen LogP contribution in [0.25, 0.3) is 0 Å². The summed E-state index contributed by atoms with van der Waals surface area (Å²) in [7, 11) is 3.75. The van der Waals surface area contributed by atoms with Crippen molar-refractivity contribution in [2.45, 2.75) is 32.7 Å². The van der Waals surface area contributed by atoms with E-state index in [-0.39, 0.29) is 11.3 Å². The number of ketones is 1. The highest BCUT2D eigenvalue weighted by atomic mass is 35.5. The van der Waals surface area contributed by atoms with E-state index >= 15 is 0 Å². The zero-order valence-electron chi connectivity index (χ0n) is 18.9. The molecule has 0 radical (unpaired) electrons. The van der Waals surface area contributed by atoms with Crippen LogP contribution < -0.4 is 14.4 Å². The third-order valence-corrected chi connectivity index (χ3v) is 6.00. The summed E-state index contributed by atoms with van der Waals surface area (Å²) in [4.78, 5) is 16.9. The van der Waals surface area contributed by atoms with E-state index in [9.17, 15) is 4.79 Å².